The summed E-state index contributed by atoms with van der Waals surface area (Å²) in [4.78, 5) is 78.7. The molecule has 1 aromatic heterocycles. The Balaban J connectivity index is 2.93. The van der Waals surface area contributed by atoms with E-state index in [1.54, 1.807) is 13.8 Å². The van der Waals surface area contributed by atoms with Crippen LogP contribution in [-0.4, -0.2) is 74.7 Å². The molecule has 0 bridgehead atoms. The van der Waals surface area contributed by atoms with Gasteiger partial charge in [0.25, 0.3) is 0 Å². The van der Waals surface area contributed by atoms with Gasteiger partial charge in [-0.25, -0.2) is 9.78 Å². The maximum Gasteiger partial charge on any atom is 0.326 e. The molecule has 0 saturated carbocycles. The van der Waals surface area contributed by atoms with Gasteiger partial charge in [0.05, 0.1) is 12.4 Å². The predicted molar refractivity (Wildman–Crippen MR) is 125 cm³/mol. The monoisotopic (exact) mass is 510 g/mol. The maximum absolute atomic E-state index is 13.0. The van der Waals surface area contributed by atoms with Gasteiger partial charge in [-0.3, -0.25) is 24.0 Å². The average molecular weight is 511 g/mol. The first-order valence-corrected chi connectivity index (χ1v) is 11.2. The van der Waals surface area contributed by atoms with E-state index >= 15 is 0 Å². The van der Waals surface area contributed by atoms with Crippen LogP contribution in [0.1, 0.15) is 45.2 Å². The fourth-order valence-electron chi connectivity index (χ4n) is 3.15. The third-order valence-corrected chi connectivity index (χ3v) is 5.18. The summed E-state index contributed by atoms with van der Waals surface area (Å²) in [6.45, 7) is 3.22. The highest BCUT2D eigenvalue weighted by Gasteiger charge is 2.32. The van der Waals surface area contributed by atoms with Crippen molar-refractivity contribution < 1.29 is 33.9 Å². The summed E-state index contributed by atoms with van der Waals surface area (Å²) in [5.74, 6) is -5.60. The van der Waals surface area contributed by atoms with Crippen molar-refractivity contribution >= 4 is 35.5 Å². The van der Waals surface area contributed by atoms with Crippen LogP contribution in [-0.2, 0) is 35.2 Å². The minimum Gasteiger partial charge on any atom is -0.480 e. The number of amides is 5. The van der Waals surface area contributed by atoms with E-state index in [0.29, 0.717) is 5.69 Å². The second-order valence-corrected chi connectivity index (χ2v) is 8.59. The van der Waals surface area contributed by atoms with E-state index in [9.17, 15) is 33.9 Å². The van der Waals surface area contributed by atoms with Gasteiger partial charge in [0.15, 0.2) is 0 Å². The minimum absolute atomic E-state index is 0.106. The molecule has 0 fully saturated rings. The van der Waals surface area contributed by atoms with Gasteiger partial charge in [0.2, 0.25) is 29.5 Å². The molecule has 15 nitrogen and oxygen atoms in total. The molecule has 0 spiro atoms. The van der Waals surface area contributed by atoms with Crippen molar-refractivity contribution in [2.75, 3.05) is 0 Å². The van der Waals surface area contributed by atoms with Gasteiger partial charge in [-0.15, -0.1) is 0 Å². The number of aliphatic carboxylic acids is 1. The highest BCUT2D eigenvalue weighted by molar-refractivity contribution is 5.94. The third kappa shape index (κ3) is 10.5. The number of hydrogen-bond acceptors (Lipinski definition) is 8. The van der Waals surface area contributed by atoms with E-state index in [0.717, 1.165) is 0 Å². The van der Waals surface area contributed by atoms with Gasteiger partial charge in [-0.05, 0) is 18.8 Å². The first-order chi connectivity index (χ1) is 16.8. The first-order valence-electron chi connectivity index (χ1n) is 11.2. The number of rotatable bonds is 16. The van der Waals surface area contributed by atoms with E-state index < -0.39 is 65.6 Å². The number of H-pyrrole nitrogens is 1. The van der Waals surface area contributed by atoms with Crippen LogP contribution in [0.15, 0.2) is 12.5 Å². The van der Waals surface area contributed by atoms with E-state index in [1.807, 2.05) is 0 Å². The van der Waals surface area contributed by atoms with E-state index in [-0.39, 0.29) is 32.1 Å². The Morgan fingerprint density at radius 3 is 1.94 bits per heavy atom. The molecule has 4 atom stereocenters. The molecule has 0 saturated heterocycles. The van der Waals surface area contributed by atoms with Crippen LogP contribution in [0.4, 0.5) is 0 Å². The highest BCUT2D eigenvalue weighted by atomic mass is 16.4. The summed E-state index contributed by atoms with van der Waals surface area (Å²) >= 11 is 0. The van der Waals surface area contributed by atoms with Crippen LogP contribution in [0, 0.1) is 5.92 Å². The molecular formula is C21H34N8O7. The Bertz CT molecular complexity index is 935. The molecule has 0 aliphatic heterocycles. The SMILES string of the molecule is CC(C)C(NC(=O)C(CCC(N)=O)NC(=O)C(N)Cc1cnc[nH]1)C(=O)NC(CCC(N)=O)C(=O)O. The lowest BCUT2D eigenvalue weighted by Gasteiger charge is -2.27. The number of carbonyl (C=O) groups excluding carboxylic acids is 5. The minimum atomic E-state index is -1.41. The molecule has 15 heteroatoms. The van der Waals surface area contributed by atoms with E-state index in [4.69, 9.17) is 17.2 Å². The van der Waals surface area contributed by atoms with Gasteiger partial charge >= 0.3 is 5.97 Å². The number of nitrogens with one attached hydrogen (secondary N) is 4. The molecule has 1 aromatic rings. The van der Waals surface area contributed by atoms with Crippen molar-refractivity contribution in [3.05, 3.63) is 18.2 Å². The number of aromatic amines is 1. The lowest BCUT2D eigenvalue weighted by atomic mass is 10.0. The zero-order valence-corrected chi connectivity index (χ0v) is 20.2. The molecule has 0 aliphatic carbocycles. The molecule has 0 aliphatic rings. The van der Waals surface area contributed by atoms with Crippen LogP contribution < -0.4 is 33.2 Å². The lowest BCUT2D eigenvalue weighted by Crippen LogP contribution is -2.58. The van der Waals surface area contributed by atoms with Gasteiger partial charge < -0.3 is 43.2 Å². The average Bonchev–Trinajstić information content (AvgIpc) is 3.29. The van der Waals surface area contributed by atoms with Crippen LogP contribution in [0.2, 0.25) is 0 Å². The maximum atomic E-state index is 13.0. The molecule has 0 radical (unpaired) electrons. The van der Waals surface area contributed by atoms with Crippen molar-refractivity contribution in [1.29, 1.82) is 0 Å². The smallest absolute Gasteiger partial charge is 0.326 e. The van der Waals surface area contributed by atoms with Crippen molar-refractivity contribution in [1.82, 2.24) is 25.9 Å². The first kappa shape index (κ1) is 30.0. The highest BCUT2D eigenvalue weighted by Crippen LogP contribution is 2.07. The summed E-state index contributed by atoms with van der Waals surface area (Å²) in [5.41, 5.74) is 16.7. The molecule has 36 heavy (non-hydrogen) atoms. The molecular weight excluding hydrogens is 476 g/mol. The quantitative estimate of drug-likeness (QED) is 0.112. The second kappa shape index (κ2) is 14.4. The summed E-state index contributed by atoms with van der Waals surface area (Å²) in [6.07, 6.45) is 2.12. The van der Waals surface area contributed by atoms with Crippen molar-refractivity contribution in [2.24, 2.45) is 23.1 Å². The van der Waals surface area contributed by atoms with Crippen LogP contribution in [0.5, 0.6) is 0 Å². The summed E-state index contributed by atoms with van der Waals surface area (Å²) < 4.78 is 0. The predicted octanol–water partition coefficient (Wildman–Crippen LogP) is -2.99. The fraction of sp³-hybridized carbons (Fsp3) is 0.571. The number of aromatic nitrogens is 2. The normalized spacial score (nSPS) is 14.2. The number of nitrogens with two attached hydrogens (primary N) is 3. The van der Waals surface area contributed by atoms with Gasteiger partial charge in [0, 0.05) is 31.2 Å². The Hall–Kier alpha value is -4.01. The topological polar surface area (TPSA) is 265 Å². The molecule has 11 N–H and O–H groups in total. The van der Waals surface area contributed by atoms with Gasteiger partial charge in [0.1, 0.15) is 18.1 Å². The van der Waals surface area contributed by atoms with Crippen LogP contribution in [0.3, 0.4) is 0 Å². The summed E-state index contributed by atoms with van der Waals surface area (Å²) in [7, 11) is 0. The molecule has 0 aromatic carbocycles. The molecule has 1 heterocycles. The molecule has 5 amide bonds. The third-order valence-electron chi connectivity index (χ3n) is 5.18. The van der Waals surface area contributed by atoms with Crippen molar-refractivity contribution in [2.45, 2.75) is 70.1 Å². The molecule has 4 unspecified atom stereocenters. The number of carboxylic acid groups (broad SMARTS) is 1. The Kier molecular flexibility index (Phi) is 12.0. The van der Waals surface area contributed by atoms with Gasteiger partial charge in [-0.2, -0.15) is 0 Å². The number of nitrogens with zero attached hydrogens (tertiary/aromatic N) is 1. The van der Waals surface area contributed by atoms with Crippen LogP contribution >= 0.6 is 0 Å². The fourth-order valence-corrected chi connectivity index (χ4v) is 3.15. The zero-order valence-electron chi connectivity index (χ0n) is 20.2. The Morgan fingerprint density at radius 1 is 0.917 bits per heavy atom. The summed E-state index contributed by atoms with van der Waals surface area (Å²) in [6, 6.07) is -4.90. The lowest BCUT2D eigenvalue weighted by molar-refractivity contribution is -0.143. The second-order valence-electron chi connectivity index (χ2n) is 8.59. The van der Waals surface area contributed by atoms with Crippen molar-refractivity contribution in [3.63, 3.8) is 0 Å². The summed E-state index contributed by atoms with van der Waals surface area (Å²) in [5, 5.41) is 16.6. The number of hydrogen-bond donors (Lipinski definition) is 8. The zero-order chi connectivity index (χ0) is 27.4. The van der Waals surface area contributed by atoms with E-state index in [2.05, 4.69) is 25.9 Å². The van der Waals surface area contributed by atoms with Gasteiger partial charge in [-0.1, -0.05) is 13.8 Å². The molecule has 200 valence electrons. The number of carbonyl (C=O) groups is 6. The Morgan fingerprint density at radius 2 is 1.47 bits per heavy atom. The number of primary amides is 2. The largest absolute Gasteiger partial charge is 0.480 e. The van der Waals surface area contributed by atoms with Crippen molar-refractivity contribution in [3.8, 4) is 0 Å². The van der Waals surface area contributed by atoms with E-state index in [1.165, 1.54) is 12.5 Å². The molecule has 1 rings (SSSR count). The number of carboxylic acids is 1. The Labute approximate surface area is 207 Å². The number of imidazole rings is 1. The standard InChI is InChI=1S/C21H34N8O7/c1-10(2)17(20(34)28-14(21(35)36)4-6-16(24)31)29-19(33)13(3-5-15(23)30)27-18(32)12(22)7-11-8-25-9-26-11/h8-10,12-14,17H,3-7,22H2,1-2H3,(H2,23,30)(H2,24,31)(H,25,26)(H,27,32)(H,28,34)(H,29,33)(H,35,36). The van der Waals surface area contributed by atoms with Crippen LogP contribution in [0.25, 0.3) is 0 Å².